The second-order valence-electron chi connectivity index (χ2n) is 8.46. The number of aliphatic hydroxyl groups excluding tert-OH is 1. The largest absolute Gasteiger partial charge is 0.493 e. The van der Waals surface area contributed by atoms with E-state index in [-0.39, 0.29) is 35.9 Å². The second-order valence-corrected chi connectivity index (χ2v) is 9.25. The van der Waals surface area contributed by atoms with Gasteiger partial charge >= 0.3 is 6.18 Å². The number of hydrogen-bond donors (Lipinski definition) is 2. The van der Waals surface area contributed by atoms with Crippen molar-refractivity contribution in [3.05, 3.63) is 51.3 Å². The first-order valence-corrected chi connectivity index (χ1v) is 11.6. The summed E-state index contributed by atoms with van der Waals surface area (Å²) in [7, 11) is 1.37. The average molecular weight is 542 g/mol. The number of carbonyl (C=O) groups is 2. The van der Waals surface area contributed by atoms with Gasteiger partial charge in [0.15, 0.2) is 5.75 Å². The number of ether oxygens (including phenoxy) is 1. The summed E-state index contributed by atoms with van der Waals surface area (Å²) < 4.78 is 44.7. The van der Waals surface area contributed by atoms with E-state index in [4.69, 9.17) is 4.74 Å². The lowest BCUT2D eigenvalue weighted by Crippen LogP contribution is -2.38. The molecule has 2 aromatic rings. The van der Waals surface area contributed by atoms with E-state index in [1.165, 1.54) is 13.2 Å². The van der Waals surface area contributed by atoms with Crippen molar-refractivity contribution in [2.24, 2.45) is 5.92 Å². The lowest BCUT2D eigenvalue weighted by Gasteiger charge is -2.34. The normalized spacial score (nSPS) is 20.3. The molecule has 1 aliphatic carbocycles. The molecular weight excluding hydrogens is 519 g/mol. The number of carbonyl (C=O) groups excluding carboxylic acids is 2. The summed E-state index contributed by atoms with van der Waals surface area (Å²) in [4.78, 5) is 31.1. The molecule has 0 unspecified atom stereocenters. The van der Waals surface area contributed by atoms with Gasteiger partial charge in [-0.2, -0.15) is 13.2 Å². The van der Waals surface area contributed by atoms with E-state index in [0.29, 0.717) is 22.1 Å². The molecule has 1 aromatic carbocycles. The number of benzene rings is 1. The van der Waals surface area contributed by atoms with Crippen LogP contribution >= 0.6 is 15.9 Å². The molecule has 34 heavy (non-hydrogen) atoms. The molecular formula is C23H23BrF3N3O4. The van der Waals surface area contributed by atoms with Crippen molar-refractivity contribution in [2.45, 2.75) is 44.4 Å². The molecule has 11 heteroatoms. The topological polar surface area (TPSA) is 91.8 Å². The van der Waals surface area contributed by atoms with E-state index in [1.807, 2.05) is 0 Å². The highest BCUT2D eigenvalue weighted by Gasteiger charge is 2.38. The minimum atomic E-state index is -4.68. The van der Waals surface area contributed by atoms with Crippen LogP contribution in [0, 0.1) is 5.92 Å². The van der Waals surface area contributed by atoms with Crippen LogP contribution in [0.2, 0.25) is 0 Å². The molecule has 0 atom stereocenters. The highest BCUT2D eigenvalue weighted by molar-refractivity contribution is 9.10. The molecule has 0 spiro atoms. The first kappa shape index (κ1) is 24.5. The predicted molar refractivity (Wildman–Crippen MR) is 121 cm³/mol. The Morgan fingerprint density at radius 1 is 1.29 bits per heavy atom. The van der Waals surface area contributed by atoms with E-state index in [0.717, 1.165) is 37.8 Å². The zero-order valence-electron chi connectivity index (χ0n) is 18.3. The summed E-state index contributed by atoms with van der Waals surface area (Å²) in [5.74, 6) is -0.530. The van der Waals surface area contributed by atoms with Crippen molar-refractivity contribution in [2.75, 3.05) is 19.0 Å². The van der Waals surface area contributed by atoms with E-state index >= 15 is 0 Å². The molecule has 0 bridgehead atoms. The SMILES string of the molecule is COc1c(NC(=O)c2cccc(C(F)(F)F)n2)cc2c(c1Br)C(=O)N(C1CCC(CO)CC1)C2. The number of anilines is 1. The molecule has 7 nitrogen and oxygen atoms in total. The van der Waals surface area contributed by atoms with E-state index < -0.39 is 23.5 Å². The molecule has 4 rings (SSSR count). The van der Waals surface area contributed by atoms with Crippen molar-refractivity contribution in [1.29, 1.82) is 0 Å². The van der Waals surface area contributed by atoms with E-state index in [9.17, 15) is 27.9 Å². The first-order valence-electron chi connectivity index (χ1n) is 10.8. The van der Waals surface area contributed by atoms with Crippen molar-refractivity contribution in [3.8, 4) is 5.75 Å². The minimum Gasteiger partial charge on any atom is -0.493 e. The zero-order chi connectivity index (χ0) is 24.6. The number of aromatic nitrogens is 1. The van der Waals surface area contributed by atoms with Crippen LogP contribution in [0.25, 0.3) is 0 Å². The number of nitrogens with one attached hydrogen (secondary N) is 1. The monoisotopic (exact) mass is 541 g/mol. The van der Waals surface area contributed by atoms with Gasteiger partial charge in [-0.3, -0.25) is 9.59 Å². The van der Waals surface area contributed by atoms with Gasteiger partial charge < -0.3 is 20.1 Å². The van der Waals surface area contributed by atoms with Crippen LogP contribution in [0.5, 0.6) is 5.75 Å². The quantitative estimate of drug-likeness (QED) is 0.575. The van der Waals surface area contributed by atoms with Crippen molar-refractivity contribution >= 4 is 33.4 Å². The fourth-order valence-corrected chi connectivity index (χ4v) is 5.37. The van der Waals surface area contributed by atoms with Crippen LogP contribution in [-0.2, 0) is 12.7 Å². The van der Waals surface area contributed by atoms with Crippen LogP contribution in [0.1, 0.15) is 57.8 Å². The number of nitrogens with zero attached hydrogens (tertiary/aromatic N) is 2. The number of aliphatic hydroxyl groups is 1. The van der Waals surface area contributed by atoms with Gasteiger partial charge in [0.1, 0.15) is 11.4 Å². The molecule has 1 fully saturated rings. The second kappa shape index (κ2) is 9.53. The number of amides is 2. The maximum absolute atomic E-state index is 13.2. The molecule has 0 saturated heterocycles. The molecule has 182 valence electrons. The van der Waals surface area contributed by atoms with Crippen LogP contribution in [0.3, 0.4) is 0 Å². The third-order valence-corrected chi connectivity index (χ3v) is 7.11. The van der Waals surface area contributed by atoms with Gasteiger partial charge in [0, 0.05) is 19.2 Å². The smallest absolute Gasteiger partial charge is 0.433 e. The van der Waals surface area contributed by atoms with Gasteiger partial charge in [-0.05, 0) is 71.3 Å². The average Bonchev–Trinajstić information content (AvgIpc) is 3.15. The third-order valence-electron chi connectivity index (χ3n) is 6.36. The van der Waals surface area contributed by atoms with Crippen LogP contribution in [0.4, 0.5) is 18.9 Å². The molecule has 2 heterocycles. The van der Waals surface area contributed by atoms with Crippen LogP contribution < -0.4 is 10.1 Å². The van der Waals surface area contributed by atoms with Crippen molar-refractivity contribution in [1.82, 2.24) is 9.88 Å². The Morgan fingerprint density at radius 2 is 2.00 bits per heavy atom. The van der Waals surface area contributed by atoms with Crippen molar-refractivity contribution < 1.29 is 32.6 Å². The fourth-order valence-electron chi connectivity index (χ4n) is 4.57. The molecule has 2 N–H and O–H groups in total. The van der Waals surface area contributed by atoms with E-state index in [2.05, 4.69) is 26.2 Å². The molecule has 0 radical (unpaired) electrons. The summed E-state index contributed by atoms with van der Waals surface area (Å²) in [5.41, 5.74) is -0.229. The first-order chi connectivity index (χ1) is 16.1. The number of methoxy groups -OCH3 is 1. The third kappa shape index (κ3) is 4.63. The van der Waals surface area contributed by atoms with E-state index in [1.54, 1.807) is 11.0 Å². The van der Waals surface area contributed by atoms with Gasteiger partial charge in [0.25, 0.3) is 11.8 Å². The number of pyridine rings is 1. The molecule has 2 aliphatic rings. The van der Waals surface area contributed by atoms with Crippen LogP contribution in [0.15, 0.2) is 28.7 Å². The summed E-state index contributed by atoms with van der Waals surface area (Å²) >= 11 is 3.42. The molecule has 1 aliphatic heterocycles. The number of rotatable bonds is 5. The Hall–Kier alpha value is -2.66. The predicted octanol–water partition coefficient (Wildman–Crippen LogP) is 4.63. The minimum absolute atomic E-state index is 0.0490. The lowest BCUT2D eigenvalue weighted by atomic mass is 9.86. The zero-order valence-corrected chi connectivity index (χ0v) is 19.9. The van der Waals surface area contributed by atoms with Gasteiger partial charge in [-0.1, -0.05) is 6.07 Å². The van der Waals surface area contributed by atoms with Gasteiger partial charge in [0.05, 0.1) is 22.8 Å². The van der Waals surface area contributed by atoms with Gasteiger partial charge in [-0.25, -0.2) is 4.98 Å². The Bertz CT molecular complexity index is 1120. The Kier molecular flexibility index (Phi) is 6.86. The van der Waals surface area contributed by atoms with Gasteiger partial charge in [0.2, 0.25) is 0 Å². The summed E-state index contributed by atoms with van der Waals surface area (Å²) in [6, 6.07) is 4.75. The molecule has 2 amide bonds. The lowest BCUT2D eigenvalue weighted by molar-refractivity contribution is -0.141. The molecule has 1 saturated carbocycles. The van der Waals surface area contributed by atoms with Crippen molar-refractivity contribution in [3.63, 3.8) is 0 Å². The summed E-state index contributed by atoms with van der Waals surface area (Å²) in [6.07, 6.45) is -1.39. The number of hydrogen-bond acceptors (Lipinski definition) is 5. The number of fused-ring (bicyclic) bond motifs is 1. The Balaban J connectivity index is 1.59. The maximum atomic E-state index is 13.2. The molecule has 1 aromatic heterocycles. The number of alkyl halides is 3. The Labute approximate surface area is 202 Å². The Morgan fingerprint density at radius 3 is 2.62 bits per heavy atom. The fraction of sp³-hybridized carbons (Fsp3) is 0.435. The van der Waals surface area contributed by atoms with Gasteiger partial charge in [-0.15, -0.1) is 0 Å². The standard InChI is InChI=1S/C23H23BrF3N3O4/c1-34-20-16(29-21(32)15-3-2-4-17(28-15)23(25,26)27)9-13-10-30(22(33)18(13)19(20)24)14-7-5-12(11-31)6-8-14/h2-4,9,12,14,31H,5-8,10-11H2,1H3,(H,29,32). The maximum Gasteiger partial charge on any atom is 0.433 e. The highest BCUT2D eigenvalue weighted by atomic mass is 79.9. The number of halogens is 4. The van der Waals surface area contributed by atoms with Crippen LogP contribution in [-0.4, -0.2) is 46.6 Å². The highest BCUT2D eigenvalue weighted by Crippen LogP contribution is 2.43. The summed E-state index contributed by atoms with van der Waals surface area (Å²) in [6.45, 7) is 0.489. The summed E-state index contributed by atoms with van der Waals surface area (Å²) in [5, 5.41) is 11.9.